The van der Waals surface area contributed by atoms with Gasteiger partial charge in [-0.2, -0.15) is 0 Å². The highest BCUT2D eigenvalue weighted by molar-refractivity contribution is 7.81. The summed E-state index contributed by atoms with van der Waals surface area (Å²) in [6, 6.07) is 10.8. The van der Waals surface area contributed by atoms with Crippen molar-refractivity contribution in [3.8, 4) is 0 Å². The molecular weight excluding hydrogens is 332 g/mol. The first-order valence-corrected chi connectivity index (χ1v) is 9.31. The summed E-state index contributed by atoms with van der Waals surface area (Å²) < 4.78 is 22.5. The summed E-state index contributed by atoms with van der Waals surface area (Å²) in [6.07, 6.45) is 0. The molecule has 1 unspecified atom stereocenters. The Labute approximate surface area is 143 Å². The summed E-state index contributed by atoms with van der Waals surface area (Å²) in [5, 5.41) is 2.57. The molecule has 23 heavy (non-hydrogen) atoms. The molecule has 2 rings (SSSR count). The second-order valence-corrected chi connectivity index (χ2v) is 6.72. The van der Waals surface area contributed by atoms with E-state index < -0.39 is 11.3 Å². The number of amides is 1. The van der Waals surface area contributed by atoms with Gasteiger partial charge >= 0.3 is 0 Å². The predicted molar refractivity (Wildman–Crippen MR) is 95.0 cm³/mol. The van der Waals surface area contributed by atoms with Gasteiger partial charge < -0.3 is 4.90 Å². The van der Waals surface area contributed by atoms with E-state index in [1.165, 1.54) is 15.6 Å². The molecular formula is C16H20N2O3S2. The first-order chi connectivity index (χ1) is 11.1. The van der Waals surface area contributed by atoms with Crippen molar-refractivity contribution in [2.24, 2.45) is 0 Å². The van der Waals surface area contributed by atoms with Crippen LogP contribution in [0.15, 0.2) is 41.8 Å². The minimum atomic E-state index is -2.11. The van der Waals surface area contributed by atoms with E-state index in [-0.39, 0.29) is 12.5 Å². The Kier molecular flexibility index (Phi) is 6.32. The lowest BCUT2D eigenvalue weighted by Gasteiger charge is -2.20. The fourth-order valence-electron chi connectivity index (χ4n) is 2.28. The van der Waals surface area contributed by atoms with Crippen LogP contribution >= 0.6 is 11.3 Å². The molecule has 0 saturated carbocycles. The Morgan fingerprint density at radius 2 is 1.96 bits per heavy atom. The van der Waals surface area contributed by atoms with Crippen molar-refractivity contribution in [3.63, 3.8) is 0 Å². The van der Waals surface area contributed by atoms with E-state index in [9.17, 15) is 13.6 Å². The topological polar surface area (TPSA) is 60.9 Å². The van der Waals surface area contributed by atoms with Gasteiger partial charge in [-0.1, -0.05) is 12.1 Å². The maximum Gasteiger partial charge on any atom is 0.262 e. The molecule has 0 aliphatic rings. The highest BCUT2D eigenvalue weighted by atomic mass is 32.2. The van der Waals surface area contributed by atoms with Gasteiger partial charge in [0.15, 0.2) is 0 Å². The fraction of sp³-hybridized carbons (Fsp3) is 0.312. The lowest BCUT2D eigenvalue weighted by Crippen LogP contribution is -2.30. The highest BCUT2D eigenvalue weighted by Gasteiger charge is 2.16. The Bertz CT molecular complexity index is 670. The fourth-order valence-corrected chi connectivity index (χ4v) is 3.71. The molecule has 1 atom stereocenters. The number of carbonyl (C=O) groups is 1. The van der Waals surface area contributed by atoms with Crippen molar-refractivity contribution < 1.29 is 13.6 Å². The van der Waals surface area contributed by atoms with Gasteiger partial charge in [0.25, 0.3) is 17.2 Å². The standard InChI is InChI=1S/C16H20N2O3S2/c1-3-17(4-2)16(19)14-8-5-7-13(11-14)12-18(23(20)21)15-9-6-10-22-15/h5-11H,3-4,12H2,1-2H3,(H,20,21). The second kappa shape index (κ2) is 8.24. The summed E-state index contributed by atoms with van der Waals surface area (Å²) >= 11 is -0.715. The molecule has 0 saturated heterocycles. The molecule has 0 bridgehead atoms. The predicted octanol–water partition coefficient (Wildman–Crippen LogP) is 3.37. The Morgan fingerprint density at radius 1 is 1.22 bits per heavy atom. The molecule has 1 aromatic carbocycles. The molecule has 0 spiro atoms. The Hall–Kier alpha value is -1.70. The number of rotatable bonds is 7. The van der Waals surface area contributed by atoms with Gasteiger partial charge in [-0.15, -0.1) is 11.3 Å². The number of nitrogens with zero attached hydrogens (tertiary/aromatic N) is 2. The van der Waals surface area contributed by atoms with Crippen LogP contribution in [-0.4, -0.2) is 32.7 Å². The van der Waals surface area contributed by atoms with Crippen molar-refractivity contribution in [1.82, 2.24) is 4.90 Å². The van der Waals surface area contributed by atoms with Crippen LogP contribution in [0, 0.1) is 0 Å². The first-order valence-electron chi connectivity index (χ1n) is 7.37. The number of carbonyl (C=O) groups excluding carboxylic acids is 1. The molecule has 124 valence electrons. The molecule has 0 radical (unpaired) electrons. The second-order valence-electron chi connectivity index (χ2n) is 4.90. The minimum absolute atomic E-state index is 0.0235. The molecule has 1 aromatic heterocycles. The molecule has 7 heteroatoms. The van der Waals surface area contributed by atoms with Gasteiger partial charge in [0.1, 0.15) is 5.00 Å². The summed E-state index contributed by atoms with van der Waals surface area (Å²) in [6.45, 7) is 5.46. The number of hydrogen-bond donors (Lipinski definition) is 1. The smallest absolute Gasteiger partial charge is 0.262 e. The third kappa shape index (κ3) is 4.40. The highest BCUT2D eigenvalue weighted by Crippen LogP contribution is 2.24. The quantitative estimate of drug-likeness (QED) is 0.777. The zero-order chi connectivity index (χ0) is 16.8. The molecule has 1 N–H and O–H groups in total. The Morgan fingerprint density at radius 3 is 2.52 bits per heavy atom. The lowest BCUT2D eigenvalue weighted by atomic mass is 10.1. The number of benzene rings is 1. The van der Waals surface area contributed by atoms with Crippen LogP contribution in [0.2, 0.25) is 0 Å². The van der Waals surface area contributed by atoms with Gasteiger partial charge in [0, 0.05) is 18.7 Å². The number of thiophene rings is 1. The van der Waals surface area contributed by atoms with E-state index in [1.54, 1.807) is 29.2 Å². The maximum absolute atomic E-state index is 12.4. The van der Waals surface area contributed by atoms with Gasteiger partial charge in [-0.05, 0) is 49.1 Å². The number of anilines is 1. The molecule has 1 amide bonds. The SMILES string of the molecule is CCN(CC)C(=O)c1cccc(CN(c2cccs2)S(=O)O)c1. The van der Waals surface area contributed by atoms with Crippen molar-refractivity contribution >= 4 is 33.5 Å². The van der Waals surface area contributed by atoms with E-state index in [0.717, 1.165) is 5.56 Å². The number of hydrogen-bond acceptors (Lipinski definition) is 3. The van der Waals surface area contributed by atoms with Crippen molar-refractivity contribution in [2.75, 3.05) is 17.4 Å². The van der Waals surface area contributed by atoms with Crippen molar-refractivity contribution in [2.45, 2.75) is 20.4 Å². The third-order valence-electron chi connectivity index (χ3n) is 3.49. The maximum atomic E-state index is 12.4. The van der Waals surface area contributed by atoms with Crippen molar-refractivity contribution in [3.05, 3.63) is 52.9 Å². The van der Waals surface area contributed by atoms with Crippen LogP contribution in [0.1, 0.15) is 29.8 Å². The molecule has 0 fully saturated rings. The van der Waals surface area contributed by atoms with Crippen LogP contribution in [0.3, 0.4) is 0 Å². The van der Waals surface area contributed by atoms with Crippen LogP contribution < -0.4 is 4.31 Å². The monoisotopic (exact) mass is 352 g/mol. The molecule has 2 aromatic rings. The normalized spacial score (nSPS) is 12.0. The average Bonchev–Trinajstić information content (AvgIpc) is 3.07. The zero-order valence-corrected chi connectivity index (χ0v) is 14.8. The summed E-state index contributed by atoms with van der Waals surface area (Å²) in [5.41, 5.74) is 1.42. The van der Waals surface area contributed by atoms with Crippen LogP contribution in [0.5, 0.6) is 0 Å². The summed E-state index contributed by atoms with van der Waals surface area (Å²) in [5.74, 6) is -0.0235. The molecule has 0 aliphatic carbocycles. The van der Waals surface area contributed by atoms with Crippen LogP contribution in [0.25, 0.3) is 0 Å². The van der Waals surface area contributed by atoms with E-state index in [1.807, 2.05) is 31.4 Å². The van der Waals surface area contributed by atoms with E-state index >= 15 is 0 Å². The third-order valence-corrected chi connectivity index (χ3v) is 5.20. The molecule has 5 nitrogen and oxygen atoms in total. The van der Waals surface area contributed by atoms with E-state index in [0.29, 0.717) is 23.7 Å². The average molecular weight is 352 g/mol. The molecule has 1 heterocycles. The van der Waals surface area contributed by atoms with E-state index in [4.69, 9.17) is 0 Å². The van der Waals surface area contributed by atoms with Gasteiger partial charge in [0.2, 0.25) is 0 Å². The summed E-state index contributed by atoms with van der Waals surface area (Å²) in [4.78, 5) is 14.2. The van der Waals surface area contributed by atoms with E-state index in [2.05, 4.69) is 0 Å². The Balaban J connectivity index is 2.22. The largest absolute Gasteiger partial charge is 0.339 e. The first kappa shape index (κ1) is 17.7. The molecule has 0 aliphatic heterocycles. The minimum Gasteiger partial charge on any atom is -0.339 e. The van der Waals surface area contributed by atoms with Crippen LogP contribution in [-0.2, 0) is 17.8 Å². The van der Waals surface area contributed by atoms with Crippen LogP contribution in [0.4, 0.5) is 5.00 Å². The van der Waals surface area contributed by atoms with Gasteiger partial charge in [0.05, 0.1) is 6.54 Å². The lowest BCUT2D eigenvalue weighted by molar-refractivity contribution is 0.0773. The zero-order valence-electron chi connectivity index (χ0n) is 13.1. The van der Waals surface area contributed by atoms with Crippen molar-refractivity contribution in [1.29, 1.82) is 0 Å². The summed E-state index contributed by atoms with van der Waals surface area (Å²) in [7, 11) is 0. The van der Waals surface area contributed by atoms with Gasteiger partial charge in [-0.3, -0.25) is 13.7 Å². The van der Waals surface area contributed by atoms with Gasteiger partial charge in [-0.25, -0.2) is 4.21 Å².